The van der Waals surface area contributed by atoms with Crippen LogP contribution in [0.15, 0.2) is 18.2 Å². The number of nitrogens with zero attached hydrogens (tertiary/aromatic N) is 3. The second-order valence-electron chi connectivity index (χ2n) is 6.37. The molecule has 7 heteroatoms. The SMILES string of the molecule is O=C(NC1CCN(C(=O)C2CC2)CC1)c1ccc2n[nH]nc2c1. The lowest BCUT2D eigenvalue weighted by atomic mass is 10.0. The van der Waals surface area contributed by atoms with Crippen molar-refractivity contribution >= 4 is 22.8 Å². The molecule has 1 aliphatic carbocycles. The van der Waals surface area contributed by atoms with E-state index >= 15 is 0 Å². The number of carbonyl (C=O) groups excluding carboxylic acids is 2. The summed E-state index contributed by atoms with van der Waals surface area (Å²) < 4.78 is 0. The monoisotopic (exact) mass is 313 g/mol. The predicted octanol–water partition coefficient (Wildman–Crippen LogP) is 1.09. The summed E-state index contributed by atoms with van der Waals surface area (Å²) in [6, 6.07) is 5.40. The number of aromatic amines is 1. The minimum Gasteiger partial charge on any atom is -0.349 e. The van der Waals surface area contributed by atoms with Crippen LogP contribution in [0.25, 0.3) is 11.0 Å². The molecule has 2 fully saturated rings. The van der Waals surface area contributed by atoms with Crippen LogP contribution in [-0.2, 0) is 4.79 Å². The van der Waals surface area contributed by atoms with Crippen LogP contribution in [0.5, 0.6) is 0 Å². The molecule has 0 radical (unpaired) electrons. The van der Waals surface area contributed by atoms with Gasteiger partial charge < -0.3 is 10.2 Å². The van der Waals surface area contributed by atoms with Crippen molar-refractivity contribution in [2.24, 2.45) is 5.92 Å². The van der Waals surface area contributed by atoms with Crippen molar-refractivity contribution in [3.8, 4) is 0 Å². The van der Waals surface area contributed by atoms with Gasteiger partial charge >= 0.3 is 0 Å². The predicted molar refractivity (Wildman–Crippen MR) is 83.7 cm³/mol. The van der Waals surface area contributed by atoms with Crippen LogP contribution in [0, 0.1) is 5.92 Å². The van der Waals surface area contributed by atoms with E-state index in [9.17, 15) is 9.59 Å². The van der Waals surface area contributed by atoms with E-state index in [0.717, 1.165) is 44.3 Å². The van der Waals surface area contributed by atoms with Crippen molar-refractivity contribution in [1.82, 2.24) is 25.6 Å². The first kappa shape index (κ1) is 14.2. The molecule has 2 amide bonds. The maximum Gasteiger partial charge on any atom is 0.251 e. The van der Waals surface area contributed by atoms with Crippen molar-refractivity contribution in [1.29, 1.82) is 0 Å². The molecule has 0 spiro atoms. The van der Waals surface area contributed by atoms with Crippen LogP contribution in [-0.4, -0.2) is 51.3 Å². The molecule has 0 unspecified atom stereocenters. The van der Waals surface area contributed by atoms with Crippen molar-refractivity contribution in [2.75, 3.05) is 13.1 Å². The largest absolute Gasteiger partial charge is 0.349 e. The first-order valence-corrected chi connectivity index (χ1v) is 8.11. The molecule has 2 aliphatic rings. The molecule has 4 rings (SSSR count). The van der Waals surface area contributed by atoms with Crippen molar-refractivity contribution < 1.29 is 9.59 Å². The molecule has 120 valence electrons. The normalized spacial score (nSPS) is 19.0. The highest BCUT2D eigenvalue weighted by molar-refractivity contribution is 5.97. The van der Waals surface area contributed by atoms with Gasteiger partial charge in [-0.3, -0.25) is 9.59 Å². The van der Waals surface area contributed by atoms with Gasteiger partial charge in [0.2, 0.25) is 5.91 Å². The van der Waals surface area contributed by atoms with E-state index in [1.54, 1.807) is 18.2 Å². The zero-order valence-electron chi connectivity index (χ0n) is 12.8. The molecular weight excluding hydrogens is 294 g/mol. The third kappa shape index (κ3) is 2.91. The highest BCUT2D eigenvalue weighted by Gasteiger charge is 2.35. The first-order valence-electron chi connectivity index (χ1n) is 8.11. The van der Waals surface area contributed by atoms with Gasteiger partial charge in [-0.1, -0.05) is 0 Å². The minimum absolute atomic E-state index is 0.0955. The van der Waals surface area contributed by atoms with Crippen LogP contribution in [0.2, 0.25) is 0 Å². The molecule has 1 aromatic heterocycles. The van der Waals surface area contributed by atoms with Crippen LogP contribution >= 0.6 is 0 Å². The minimum atomic E-state index is -0.0955. The number of hydrogen-bond donors (Lipinski definition) is 2. The number of aromatic nitrogens is 3. The van der Waals surface area contributed by atoms with E-state index in [0.29, 0.717) is 17.0 Å². The Labute approximate surface area is 133 Å². The average Bonchev–Trinajstić information content (AvgIpc) is 3.32. The van der Waals surface area contributed by atoms with E-state index in [1.807, 2.05) is 4.90 Å². The number of amides is 2. The fraction of sp³-hybridized carbons (Fsp3) is 0.500. The maximum atomic E-state index is 12.4. The Morgan fingerprint density at radius 2 is 1.83 bits per heavy atom. The number of piperidine rings is 1. The molecule has 7 nitrogen and oxygen atoms in total. The van der Waals surface area contributed by atoms with Gasteiger partial charge in [-0.2, -0.15) is 15.4 Å². The number of hydrogen-bond acceptors (Lipinski definition) is 4. The summed E-state index contributed by atoms with van der Waals surface area (Å²) in [4.78, 5) is 26.3. The molecule has 2 N–H and O–H groups in total. The smallest absolute Gasteiger partial charge is 0.251 e. The van der Waals surface area contributed by atoms with E-state index < -0.39 is 0 Å². The Balaban J connectivity index is 1.34. The zero-order chi connectivity index (χ0) is 15.8. The summed E-state index contributed by atoms with van der Waals surface area (Å²) in [5.41, 5.74) is 2.01. The third-order valence-corrected chi connectivity index (χ3v) is 4.65. The lowest BCUT2D eigenvalue weighted by molar-refractivity contribution is -0.133. The lowest BCUT2D eigenvalue weighted by Crippen LogP contribution is -2.47. The summed E-state index contributed by atoms with van der Waals surface area (Å²) in [6.07, 6.45) is 3.72. The van der Waals surface area contributed by atoms with Gasteiger partial charge in [-0.25, -0.2) is 0 Å². The lowest BCUT2D eigenvalue weighted by Gasteiger charge is -2.32. The molecular formula is C16H19N5O2. The van der Waals surface area contributed by atoms with Crippen molar-refractivity contribution in [3.63, 3.8) is 0 Å². The molecule has 23 heavy (non-hydrogen) atoms. The van der Waals surface area contributed by atoms with Crippen molar-refractivity contribution in [2.45, 2.75) is 31.7 Å². The Morgan fingerprint density at radius 3 is 2.57 bits per heavy atom. The highest BCUT2D eigenvalue weighted by Crippen LogP contribution is 2.31. The van der Waals surface area contributed by atoms with Crippen LogP contribution in [0.3, 0.4) is 0 Å². The second kappa shape index (κ2) is 5.64. The van der Waals surface area contributed by atoms with Gasteiger partial charge in [0.15, 0.2) is 0 Å². The summed E-state index contributed by atoms with van der Waals surface area (Å²) in [5, 5.41) is 13.6. The van der Waals surface area contributed by atoms with E-state index in [2.05, 4.69) is 20.7 Å². The van der Waals surface area contributed by atoms with Crippen LogP contribution in [0.4, 0.5) is 0 Å². The molecule has 1 aliphatic heterocycles. The molecule has 1 saturated carbocycles. The molecule has 0 atom stereocenters. The standard InChI is InChI=1S/C16H19N5O2/c22-15(11-3-4-13-14(9-11)19-20-18-13)17-12-5-7-21(8-6-12)16(23)10-1-2-10/h3-4,9-10,12H,1-2,5-8H2,(H,17,22)(H,18,19,20). The average molecular weight is 313 g/mol. The van der Waals surface area contributed by atoms with Gasteiger partial charge in [0.1, 0.15) is 11.0 Å². The van der Waals surface area contributed by atoms with Crippen LogP contribution < -0.4 is 5.32 Å². The number of likely N-dealkylation sites (tertiary alicyclic amines) is 1. The third-order valence-electron chi connectivity index (χ3n) is 4.65. The summed E-state index contributed by atoms with van der Waals surface area (Å²) in [7, 11) is 0. The Bertz CT molecular complexity index is 744. The molecule has 0 bridgehead atoms. The topological polar surface area (TPSA) is 91.0 Å². The molecule has 1 saturated heterocycles. The van der Waals surface area contributed by atoms with Gasteiger partial charge in [-0.05, 0) is 43.9 Å². The fourth-order valence-corrected chi connectivity index (χ4v) is 3.08. The molecule has 2 aromatic rings. The van der Waals surface area contributed by atoms with Gasteiger partial charge in [0.05, 0.1) is 0 Å². The Kier molecular flexibility index (Phi) is 3.48. The zero-order valence-corrected chi connectivity index (χ0v) is 12.8. The first-order chi connectivity index (χ1) is 11.2. The second-order valence-corrected chi connectivity index (χ2v) is 6.37. The van der Waals surface area contributed by atoms with E-state index in [-0.39, 0.29) is 17.9 Å². The number of fused-ring (bicyclic) bond motifs is 1. The van der Waals surface area contributed by atoms with Gasteiger partial charge in [0.25, 0.3) is 5.91 Å². The quantitative estimate of drug-likeness (QED) is 0.887. The number of rotatable bonds is 3. The summed E-state index contributed by atoms with van der Waals surface area (Å²) in [5.74, 6) is 0.475. The highest BCUT2D eigenvalue weighted by atomic mass is 16.2. The van der Waals surface area contributed by atoms with E-state index in [4.69, 9.17) is 0 Å². The van der Waals surface area contributed by atoms with Gasteiger partial charge in [-0.15, -0.1) is 0 Å². The number of nitrogens with one attached hydrogen (secondary N) is 2. The maximum absolute atomic E-state index is 12.4. The van der Waals surface area contributed by atoms with Gasteiger partial charge in [0, 0.05) is 30.6 Å². The summed E-state index contributed by atoms with van der Waals surface area (Å²) in [6.45, 7) is 1.48. The summed E-state index contributed by atoms with van der Waals surface area (Å²) >= 11 is 0. The number of carbonyl (C=O) groups is 2. The van der Waals surface area contributed by atoms with Crippen molar-refractivity contribution in [3.05, 3.63) is 23.8 Å². The fourth-order valence-electron chi connectivity index (χ4n) is 3.08. The number of H-pyrrole nitrogens is 1. The Morgan fingerprint density at radius 1 is 1.09 bits per heavy atom. The van der Waals surface area contributed by atoms with Crippen LogP contribution in [0.1, 0.15) is 36.0 Å². The Hall–Kier alpha value is -2.44. The van der Waals surface area contributed by atoms with E-state index in [1.165, 1.54) is 0 Å². The number of benzene rings is 1. The molecule has 2 heterocycles. The molecule has 1 aromatic carbocycles.